The third-order valence-electron chi connectivity index (χ3n) is 6.22. The van der Waals surface area contributed by atoms with Crippen molar-refractivity contribution < 1.29 is 18.0 Å². The van der Waals surface area contributed by atoms with E-state index in [4.69, 9.17) is 23.2 Å². The first-order valence-corrected chi connectivity index (χ1v) is 14.2. The second kappa shape index (κ2) is 12.1. The largest absolute Gasteiger partial charge is 0.352 e. The number of sulfonamides is 1. The van der Waals surface area contributed by atoms with Gasteiger partial charge in [-0.2, -0.15) is 0 Å². The summed E-state index contributed by atoms with van der Waals surface area (Å²) in [6.45, 7) is 1.48. The van der Waals surface area contributed by atoms with Gasteiger partial charge in [-0.1, -0.05) is 66.4 Å². The molecule has 1 aliphatic rings. The molecule has 7 nitrogen and oxygen atoms in total. The van der Waals surface area contributed by atoms with Gasteiger partial charge in [-0.15, -0.1) is 0 Å². The predicted molar refractivity (Wildman–Crippen MR) is 140 cm³/mol. The summed E-state index contributed by atoms with van der Waals surface area (Å²) < 4.78 is 26.2. The molecule has 0 aromatic heterocycles. The van der Waals surface area contributed by atoms with Crippen molar-refractivity contribution in [3.05, 3.63) is 64.1 Å². The first-order valence-electron chi connectivity index (χ1n) is 11.6. The summed E-state index contributed by atoms with van der Waals surface area (Å²) in [6.07, 6.45) is 5.55. The number of benzene rings is 2. The van der Waals surface area contributed by atoms with E-state index < -0.39 is 28.5 Å². The van der Waals surface area contributed by atoms with Gasteiger partial charge >= 0.3 is 0 Å². The molecule has 1 atom stereocenters. The van der Waals surface area contributed by atoms with Gasteiger partial charge in [0.2, 0.25) is 21.8 Å². The number of hydrogen-bond acceptors (Lipinski definition) is 4. The van der Waals surface area contributed by atoms with E-state index in [1.807, 2.05) is 30.3 Å². The van der Waals surface area contributed by atoms with Gasteiger partial charge in [0.1, 0.15) is 12.6 Å². The first-order chi connectivity index (χ1) is 16.6. The van der Waals surface area contributed by atoms with Crippen LogP contribution in [0, 0.1) is 0 Å². The molecule has 10 heteroatoms. The molecule has 1 aliphatic carbocycles. The third-order valence-corrected chi connectivity index (χ3v) is 8.10. The molecule has 35 heavy (non-hydrogen) atoms. The van der Waals surface area contributed by atoms with Crippen LogP contribution in [-0.2, 0) is 26.0 Å². The molecular formula is C25H31Cl2N3O4S. The lowest BCUT2D eigenvalue weighted by molar-refractivity contribution is -0.139. The zero-order valence-electron chi connectivity index (χ0n) is 19.9. The fourth-order valence-corrected chi connectivity index (χ4v) is 5.35. The lowest BCUT2D eigenvalue weighted by Gasteiger charge is -2.32. The standard InChI is InChI=1S/C25H31Cl2N3O4S/c1-18(25(32)28-20-10-6-7-11-20)29(15-14-19-8-4-3-5-9-19)24(31)17-30(35(2,33)34)21-12-13-22(26)23(27)16-21/h3-5,8-9,12-13,16,18,20H,6-7,10-11,14-15,17H2,1-2H3,(H,28,32)/t18-/m1/s1. The fourth-order valence-electron chi connectivity index (χ4n) is 4.22. The minimum atomic E-state index is -3.82. The van der Waals surface area contributed by atoms with Crippen LogP contribution in [0.25, 0.3) is 0 Å². The zero-order chi connectivity index (χ0) is 25.6. The second-order valence-corrected chi connectivity index (χ2v) is 11.6. The van der Waals surface area contributed by atoms with E-state index in [0.717, 1.165) is 41.8 Å². The SMILES string of the molecule is C[C@H](C(=O)NC1CCCC1)N(CCc1ccccc1)C(=O)CN(c1ccc(Cl)c(Cl)c1)S(C)(=O)=O. The lowest BCUT2D eigenvalue weighted by atomic mass is 10.1. The lowest BCUT2D eigenvalue weighted by Crippen LogP contribution is -2.53. The molecule has 0 saturated heterocycles. The molecule has 0 radical (unpaired) electrons. The summed E-state index contributed by atoms with van der Waals surface area (Å²) in [6, 6.07) is 13.4. The van der Waals surface area contributed by atoms with Gasteiger partial charge in [0, 0.05) is 12.6 Å². The molecule has 1 saturated carbocycles. The van der Waals surface area contributed by atoms with Crippen molar-refractivity contribution in [2.75, 3.05) is 23.7 Å². The Bertz CT molecular complexity index is 1140. The van der Waals surface area contributed by atoms with Crippen LogP contribution in [0.5, 0.6) is 0 Å². The quantitative estimate of drug-likeness (QED) is 0.488. The van der Waals surface area contributed by atoms with Crippen LogP contribution in [-0.4, -0.2) is 56.6 Å². The Hall–Kier alpha value is -2.29. The Balaban J connectivity index is 1.83. The topological polar surface area (TPSA) is 86.8 Å². The van der Waals surface area contributed by atoms with Crippen LogP contribution in [0.3, 0.4) is 0 Å². The average molecular weight is 541 g/mol. The van der Waals surface area contributed by atoms with E-state index in [1.54, 1.807) is 6.92 Å². The van der Waals surface area contributed by atoms with Gasteiger partial charge in [-0.3, -0.25) is 13.9 Å². The Morgan fingerprint density at radius 1 is 1.06 bits per heavy atom. The maximum atomic E-state index is 13.5. The van der Waals surface area contributed by atoms with Gasteiger partial charge in [0.15, 0.2) is 0 Å². The molecular weight excluding hydrogens is 509 g/mol. The van der Waals surface area contributed by atoms with Crippen LogP contribution in [0.1, 0.15) is 38.2 Å². The molecule has 2 aromatic rings. The molecule has 190 valence electrons. The summed E-state index contributed by atoms with van der Waals surface area (Å²) in [4.78, 5) is 28.0. The van der Waals surface area contributed by atoms with Crippen molar-refractivity contribution in [1.29, 1.82) is 0 Å². The summed E-state index contributed by atoms with van der Waals surface area (Å²) in [7, 11) is -3.82. The molecule has 0 spiro atoms. The van der Waals surface area contributed by atoms with Crippen molar-refractivity contribution in [2.24, 2.45) is 0 Å². The predicted octanol–water partition coefficient (Wildman–Crippen LogP) is 4.28. The number of anilines is 1. The van der Waals surface area contributed by atoms with Crippen LogP contribution in [0.4, 0.5) is 5.69 Å². The van der Waals surface area contributed by atoms with Crippen molar-refractivity contribution in [3.63, 3.8) is 0 Å². The van der Waals surface area contributed by atoms with Gasteiger partial charge < -0.3 is 10.2 Å². The number of nitrogens with one attached hydrogen (secondary N) is 1. The molecule has 3 rings (SSSR count). The number of rotatable bonds is 10. The number of carbonyl (C=O) groups excluding carboxylic acids is 2. The zero-order valence-corrected chi connectivity index (χ0v) is 22.2. The van der Waals surface area contributed by atoms with Crippen molar-refractivity contribution in [2.45, 2.75) is 51.1 Å². The van der Waals surface area contributed by atoms with Crippen LogP contribution < -0.4 is 9.62 Å². The average Bonchev–Trinajstić information content (AvgIpc) is 3.32. The van der Waals surface area contributed by atoms with E-state index in [1.165, 1.54) is 23.1 Å². The molecule has 1 N–H and O–H groups in total. The van der Waals surface area contributed by atoms with E-state index in [2.05, 4.69) is 5.32 Å². The maximum Gasteiger partial charge on any atom is 0.244 e. The Morgan fingerprint density at radius 3 is 2.31 bits per heavy atom. The van der Waals surface area contributed by atoms with Crippen molar-refractivity contribution in [1.82, 2.24) is 10.2 Å². The highest BCUT2D eigenvalue weighted by Gasteiger charge is 2.31. The summed E-state index contributed by atoms with van der Waals surface area (Å²) in [5, 5.41) is 3.50. The molecule has 1 fully saturated rings. The molecule has 0 aliphatic heterocycles. The number of hydrogen-bond donors (Lipinski definition) is 1. The first kappa shape index (κ1) is 27.3. The van der Waals surface area contributed by atoms with E-state index >= 15 is 0 Å². The Morgan fingerprint density at radius 2 is 1.71 bits per heavy atom. The van der Waals surface area contributed by atoms with E-state index in [9.17, 15) is 18.0 Å². The van der Waals surface area contributed by atoms with Crippen LogP contribution in [0.2, 0.25) is 10.0 Å². The number of amides is 2. The monoisotopic (exact) mass is 539 g/mol. The molecule has 2 amide bonds. The summed E-state index contributed by atoms with van der Waals surface area (Å²) >= 11 is 12.1. The number of nitrogens with zero attached hydrogens (tertiary/aromatic N) is 2. The molecule has 0 bridgehead atoms. The molecule has 0 heterocycles. The van der Waals surface area contributed by atoms with Gasteiger partial charge in [0.25, 0.3) is 0 Å². The van der Waals surface area contributed by atoms with Gasteiger partial charge in [-0.05, 0) is 49.9 Å². The van der Waals surface area contributed by atoms with E-state index in [-0.39, 0.29) is 34.2 Å². The molecule has 2 aromatic carbocycles. The highest BCUT2D eigenvalue weighted by molar-refractivity contribution is 7.92. The smallest absolute Gasteiger partial charge is 0.244 e. The number of carbonyl (C=O) groups is 2. The summed E-state index contributed by atoms with van der Waals surface area (Å²) in [5.74, 6) is -0.717. The minimum Gasteiger partial charge on any atom is -0.352 e. The highest BCUT2D eigenvalue weighted by Crippen LogP contribution is 2.28. The third kappa shape index (κ3) is 7.59. The number of halogens is 2. The Labute approximate surface area is 217 Å². The van der Waals surface area contributed by atoms with Gasteiger partial charge in [0.05, 0.1) is 22.0 Å². The van der Waals surface area contributed by atoms with Gasteiger partial charge in [-0.25, -0.2) is 8.42 Å². The molecule has 0 unspecified atom stereocenters. The Kier molecular flexibility index (Phi) is 9.44. The van der Waals surface area contributed by atoms with Crippen molar-refractivity contribution >= 4 is 50.7 Å². The normalized spacial score (nSPS) is 15.0. The van der Waals surface area contributed by atoms with Crippen LogP contribution in [0.15, 0.2) is 48.5 Å². The van der Waals surface area contributed by atoms with Crippen molar-refractivity contribution in [3.8, 4) is 0 Å². The second-order valence-electron chi connectivity index (χ2n) is 8.86. The fraction of sp³-hybridized carbons (Fsp3) is 0.440. The maximum absolute atomic E-state index is 13.5. The summed E-state index contributed by atoms with van der Waals surface area (Å²) in [5.41, 5.74) is 1.24. The van der Waals surface area contributed by atoms with E-state index in [0.29, 0.717) is 6.42 Å². The minimum absolute atomic E-state index is 0.111. The van der Waals surface area contributed by atoms with Crippen LogP contribution >= 0.6 is 23.2 Å². The highest BCUT2D eigenvalue weighted by atomic mass is 35.5.